The van der Waals surface area contributed by atoms with Gasteiger partial charge < -0.3 is 149 Å². The third-order valence-corrected chi connectivity index (χ3v) is 12.4. The van der Waals surface area contributed by atoms with Crippen LogP contribution in [0.25, 0.3) is 0 Å². The van der Waals surface area contributed by atoms with Crippen LogP contribution in [0, 0.1) is 0 Å². The number of ether oxygens (including phenoxy) is 11. The van der Waals surface area contributed by atoms with Gasteiger partial charge in [0.1, 0.15) is 134 Å². The van der Waals surface area contributed by atoms with Crippen LogP contribution in [0.4, 0.5) is 0 Å². The van der Waals surface area contributed by atoms with Gasteiger partial charge in [-0.3, -0.25) is 0 Å². The van der Waals surface area contributed by atoms with E-state index in [-0.39, 0.29) is 0 Å². The van der Waals surface area contributed by atoms with Crippen LogP contribution in [-0.4, -0.2) is 314 Å². The van der Waals surface area contributed by atoms with E-state index >= 15 is 0 Å². The lowest BCUT2D eigenvalue weighted by molar-refractivity contribution is -0.403. The number of aliphatic carboxylic acids is 1. The molecule has 1 unspecified atom stereocenters. The molecule has 0 bridgehead atoms. The lowest BCUT2D eigenvalue weighted by Crippen LogP contribution is -2.69. The monoisotopic (exact) mass is 988 g/mol. The molecule has 0 aromatic carbocycles. The number of rotatable bonds is 15. The molecule has 0 aliphatic carbocycles. The zero-order chi connectivity index (χ0) is 49.5. The molecule has 0 radical (unpaired) electrons. The zero-order valence-corrected chi connectivity index (χ0v) is 35.0. The van der Waals surface area contributed by atoms with Gasteiger partial charge in [-0.1, -0.05) is 0 Å². The molecule has 31 nitrogen and oxygen atoms in total. The van der Waals surface area contributed by atoms with Crippen LogP contribution < -0.4 is 0 Å². The van der Waals surface area contributed by atoms with Gasteiger partial charge in [0.15, 0.2) is 43.8 Å². The molecule has 0 spiro atoms. The van der Waals surface area contributed by atoms with Crippen molar-refractivity contribution < 1.29 is 154 Å². The molecule has 390 valence electrons. The van der Waals surface area contributed by atoms with E-state index in [0.29, 0.717) is 0 Å². The quantitative estimate of drug-likeness (QED) is 0.0724. The topological polar surface area (TPSA) is 503 Å². The van der Waals surface area contributed by atoms with E-state index in [1.54, 1.807) is 0 Å². The highest BCUT2D eigenvalue weighted by Gasteiger charge is 2.58. The Bertz CT molecular complexity index is 1570. The Labute approximate surface area is 377 Å². The minimum atomic E-state index is -2.34. The second-order valence-electron chi connectivity index (χ2n) is 16.8. The molecule has 6 aliphatic rings. The fourth-order valence-electron chi connectivity index (χ4n) is 8.42. The number of carbonyl (C=O) groups is 1. The van der Waals surface area contributed by atoms with Crippen molar-refractivity contribution in [1.82, 2.24) is 0 Å². The normalized spacial score (nSPS) is 53.3. The lowest BCUT2D eigenvalue weighted by atomic mass is 9.95. The van der Waals surface area contributed by atoms with E-state index in [1.165, 1.54) is 6.92 Å². The van der Waals surface area contributed by atoms with Gasteiger partial charge in [0, 0.05) is 0 Å². The number of hydrogen-bond acceptors (Lipinski definition) is 30. The molecule has 6 heterocycles. The van der Waals surface area contributed by atoms with Crippen molar-refractivity contribution in [2.24, 2.45) is 0 Å². The number of carboxylic acid groups (broad SMARTS) is 1. The predicted molar refractivity (Wildman–Crippen MR) is 198 cm³/mol. The predicted octanol–water partition coefficient (Wildman–Crippen LogP) is -13.0. The fourth-order valence-corrected chi connectivity index (χ4v) is 8.42. The third-order valence-electron chi connectivity index (χ3n) is 12.4. The van der Waals surface area contributed by atoms with Crippen molar-refractivity contribution in [3.63, 3.8) is 0 Å². The highest BCUT2D eigenvalue weighted by molar-refractivity contribution is 5.73. The summed E-state index contributed by atoms with van der Waals surface area (Å²) in [6, 6.07) is 0. The summed E-state index contributed by atoms with van der Waals surface area (Å²) in [7, 11) is 0. The summed E-state index contributed by atoms with van der Waals surface area (Å²) in [5.41, 5.74) is 0. The smallest absolute Gasteiger partial charge is 0.335 e. The summed E-state index contributed by atoms with van der Waals surface area (Å²) in [4.78, 5) is 11.9. The average molecular weight is 989 g/mol. The highest BCUT2D eigenvalue weighted by atomic mass is 16.8. The van der Waals surface area contributed by atoms with Crippen molar-refractivity contribution in [1.29, 1.82) is 0 Å². The van der Waals surface area contributed by atoms with Crippen molar-refractivity contribution in [2.75, 3.05) is 26.4 Å². The molecule has 6 aliphatic heterocycles. The highest BCUT2D eigenvalue weighted by Crippen LogP contribution is 2.37. The van der Waals surface area contributed by atoms with E-state index in [0.717, 1.165) is 0 Å². The van der Waals surface area contributed by atoms with Gasteiger partial charge in [-0.25, -0.2) is 4.79 Å². The number of carboxylic acids is 1. The Kier molecular flexibility index (Phi) is 18.6. The van der Waals surface area contributed by atoms with Crippen molar-refractivity contribution in [3.05, 3.63) is 0 Å². The third kappa shape index (κ3) is 11.1. The van der Waals surface area contributed by atoms with Crippen LogP contribution in [0.1, 0.15) is 6.92 Å². The molecule has 0 amide bonds. The Morgan fingerprint density at radius 2 is 0.701 bits per heavy atom. The summed E-state index contributed by atoms with van der Waals surface area (Å²) in [6.07, 6.45) is -59.3. The Hall–Kier alpha value is -1.69. The molecule has 0 aromatic rings. The molecule has 31 heteroatoms. The Balaban J connectivity index is 1.20. The molecule has 0 aromatic heterocycles. The van der Waals surface area contributed by atoms with Crippen molar-refractivity contribution in [2.45, 2.75) is 191 Å². The maximum Gasteiger partial charge on any atom is 0.335 e. The number of hydrogen-bond donors (Lipinski definition) is 19. The number of aliphatic hydroxyl groups excluding tert-OH is 18. The zero-order valence-electron chi connectivity index (χ0n) is 35.0. The van der Waals surface area contributed by atoms with Gasteiger partial charge in [-0.05, 0) is 6.92 Å². The minimum absolute atomic E-state index is 0.934. The summed E-state index contributed by atoms with van der Waals surface area (Å²) < 4.78 is 60.9. The van der Waals surface area contributed by atoms with Crippen LogP contribution in [-0.2, 0) is 56.9 Å². The summed E-state index contributed by atoms with van der Waals surface area (Å²) >= 11 is 0. The first kappa shape index (κ1) is 54.6. The van der Waals surface area contributed by atoms with Gasteiger partial charge in [-0.15, -0.1) is 0 Å². The molecule has 67 heavy (non-hydrogen) atoms. The molecule has 0 saturated carbocycles. The van der Waals surface area contributed by atoms with Crippen LogP contribution in [0.15, 0.2) is 0 Å². The van der Waals surface area contributed by atoms with Crippen LogP contribution >= 0.6 is 0 Å². The van der Waals surface area contributed by atoms with Crippen molar-refractivity contribution in [3.8, 4) is 0 Å². The van der Waals surface area contributed by atoms with Gasteiger partial charge in [0.25, 0.3) is 0 Å². The van der Waals surface area contributed by atoms with Crippen LogP contribution in [0.5, 0.6) is 0 Å². The summed E-state index contributed by atoms with van der Waals surface area (Å²) in [5, 5.41) is 200. The Morgan fingerprint density at radius 3 is 1.16 bits per heavy atom. The summed E-state index contributed by atoms with van der Waals surface area (Å²) in [6.45, 7) is -2.80. The molecule has 19 N–H and O–H groups in total. The maximum atomic E-state index is 11.9. The molecule has 6 rings (SSSR count). The van der Waals surface area contributed by atoms with E-state index in [9.17, 15) is 102 Å². The van der Waals surface area contributed by atoms with Crippen LogP contribution in [0.2, 0.25) is 0 Å². The van der Waals surface area contributed by atoms with Crippen molar-refractivity contribution >= 4 is 5.97 Å². The van der Waals surface area contributed by atoms with Gasteiger partial charge in [0.2, 0.25) is 0 Å². The second-order valence-corrected chi connectivity index (χ2v) is 16.8. The standard InChI is InChI=1S/C36H60O31/c1-6-11(41)15(45)29(31(56)57-6)67-34-22(52)18(48)24(8(3-38)60-34)62-33-21(51)17(47)25(9(4-39)59-33)63-36-23(53)27(65-35-20(50)14(44)16(46)28(66-35)30(54)55)26(10(5-40)61-36)64-32-19(49)13(43)12(42)7(2-37)58-32/h6-29,31-53,56H,2-5H2,1H3,(H,54,55)/t6-,7+,8+,9+,10+,11-,12-,13-,14-,15+,16-,17+,18+,19+,20+,21+,22+,23+,24+,25+,26+,27+,28-,29+,31?,32-,33-,34-,35-,36-/m0/s1. The first-order valence-corrected chi connectivity index (χ1v) is 21.0. The maximum absolute atomic E-state index is 11.9. The molecular formula is C36H60O31. The molecule has 30 atom stereocenters. The van der Waals surface area contributed by atoms with E-state index in [1.807, 2.05) is 0 Å². The summed E-state index contributed by atoms with van der Waals surface area (Å²) in [5.74, 6) is -1.85. The fraction of sp³-hybridized carbons (Fsp3) is 0.972. The lowest BCUT2D eigenvalue weighted by Gasteiger charge is -2.50. The largest absolute Gasteiger partial charge is 0.479 e. The molecular weight excluding hydrogens is 928 g/mol. The molecule has 6 fully saturated rings. The minimum Gasteiger partial charge on any atom is -0.479 e. The van der Waals surface area contributed by atoms with Crippen LogP contribution in [0.3, 0.4) is 0 Å². The van der Waals surface area contributed by atoms with E-state index in [2.05, 4.69) is 0 Å². The first-order valence-electron chi connectivity index (χ1n) is 21.0. The van der Waals surface area contributed by atoms with E-state index in [4.69, 9.17) is 52.1 Å². The first-order chi connectivity index (χ1) is 31.6. The van der Waals surface area contributed by atoms with E-state index < -0.39 is 217 Å². The second kappa shape index (κ2) is 22.8. The van der Waals surface area contributed by atoms with Gasteiger partial charge in [-0.2, -0.15) is 0 Å². The SMILES string of the molecule is C[C@@H]1OC(O)[C@H](O[C@@H]2O[C@H](CO)[C@@H](O[C@@H]3O[C@H](CO)[C@@H](O[C@@H]4O[C@H](CO)[C@@H](O[C@@H]5O[C@H](CO)[C@H](O)[C@H](O)[C@H]5O)[C@H](O[C@H]5O[C@H](C(=O)O)[C@@H](O)[C@H](O)[C@H]5O)[C@H]4O)[C@H](O)[C@H]3O)[C@H](O)[C@H]2O)[C@H](O)[C@H]1O. The Morgan fingerprint density at radius 1 is 0.358 bits per heavy atom. The van der Waals surface area contributed by atoms with Gasteiger partial charge in [0.05, 0.1) is 32.5 Å². The molecule has 6 saturated heterocycles. The average Bonchev–Trinajstić information content (AvgIpc) is 3.30. The van der Waals surface area contributed by atoms with Gasteiger partial charge >= 0.3 is 5.97 Å². The number of aliphatic hydroxyl groups is 18.